The Morgan fingerprint density at radius 3 is 3.00 bits per heavy atom. The fraction of sp³-hybridized carbons (Fsp3) is 0.545. The molecule has 0 aliphatic heterocycles. The number of halogens is 1. The summed E-state index contributed by atoms with van der Waals surface area (Å²) in [6.07, 6.45) is 2.58. The van der Waals surface area contributed by atoms with Gasteiger partial charge in [-0.25, -0.2) is 4.98 Å². The Morgan fingerprint density at radius 1 is 1.53 bits per heavy atom. The van der Waals surface area contributed by atoms with Crippen molar-refractivity contribution < 1.29 is 4.74 Å². The molecule has 1 N–H and O–H groups in total. The Kier molecular flexibility index (Phi) is 3.44. The molecule has 0 aromatic carbocycles. The molecular weight excluding hydrogens is 212 g/mol. The molecule has 1 aromatic rings. The molecule has 15 heavy (non-hydrogen) atoms. The normalized spacial score (nSPS) is 15.3. The molecule has 82 valence electrons. The summed E-state index contributed by atoms with van der Waals surface area (Å²) >= 11 is 5.99. The second-order valence-corrected chi connectivity index (χ2v) is 4.27. The molecule has 1 fully saturated rings. The molecule has 1 saturated carbocycles. The lowest BCUT2D eigenvalue weighted by Gasteiger charge is -2.07. The summed E-state index contributed by atoms with van der Waals surface area (Å²) in [4.78, 5) is 4.35. The van der Waals surface area contributed by atoms with Crippen LogP contribution < -0.4 is 10.1 Å². The number of pyridine rings is 1. The van der Waals surface area contributed by atoms with E-state index in [9.17, 15) is 0 Å². The second kappa shape index (κ2) is 4.81. The van der Waals surface area contributed by atoms with Gasteiger partial charge < -0.3 is 10.1 Å². The molecule has 1 aliphatic carbocycles. The molecule has 0 bridgehead atoms. The van der Waals surface area contributed by atoms with Gasteiger partial charge in [0.15, 0.2) is 0 Å². The molecule has 0 radical (unpaired) electrons. The summed E-state index contributed by atoms with van der Waals surface area (Å²) in [5.74, 6) is 1.42. The second-order valence-electron chi connectivity index (χ2n) is 3.86. The van der Waals surface area contributed by atoms with Crippen molar-refractivity contribution in [2.75, 3.05) is 13.7 Å². The van der Waals surface area contributed by atoms with Gasteiger partial charge in [-0.1, -0.05) is 11.6 Å². The number of nitrogens with zero attached hydrogens (tertiary/aromatic N) is 1. The summed E-state index contributed by atoms with van der Waals surface area (Å²) in [7, 11) is 1.87. The van der Waals surface area contributed by atoms with Crippen molar-refractivity contribution >= 4 is 11.6 Å². The lowest BCUT2D eigenvalue weighted by molar-refractivity contribution is 0.287. The van der Waals surface area contributed by atoms with Crippen LogP contribution in [0.15, 0.2) is 12.1 Å². The molecule has 1 aliphatic rings. The van der Waals surface area contributed by atoms with Crippen LogP contribution in [0.5, 0.6) is 5.88 Å². The lowest BCUT2D eigenvalue weighted by Crippen LogP contribution is -2.09. The van der Waals surface area contributed by atoms with Crippen LogP contribution in [0.1, 0.15) is 18.5 Å². The summed E-state index contributed by atoms with van der Waals surface area (Å²) < 4.78 is 5.57. The quantitative estimate of drug-likeness (QED) is 0.836. The van der Waals surface area contributed by atoms with Crippen molar-refractivity contribution in [1.82, 2.24) is 10.3 Å². The first-order valence-electron chi connectivity index (χ1n) is 5.22. The first-order chi connectivity index (χ1) is 7.29. The summed E-state index contributed by atoms with van der Waals surface area (Å²) in [6, 6.07) is 3.66. The average Bonchev–Trinajstić information content (AvgIpc) is 3.03. The smallest absolute Gasteiger partial charge is 0.213 e. The van der Waals surface area contributed by atoms with Crippen LogP contribution >= 0.6 is 11.6 Å². The zero-order valence-corrected chi connectivity index (χ0v) is 9.55. The van der Waals surface area contributed by atoms with E-state index in [1.807, 2.05) is 19.2 Å². The molecule has 2 rings (SSSR count). The van der Waals surface area contributed by atoms with E-state index in [2.05, 4.69) is 10.3 Å². The van der Waals surface area contributed by atoms with Crippen LogP contribution in [-0.4, -0.2) is 18.6 Å². The SMILES string of the molecule is CNCc1nc(OCC2CC2)ccc1Cl. The Balaban J connectivity index is 1.99. The maximum absolute atomic E-state index is 5.99. The zero-order chi connectivity index (χ0) is 10.7. The highest BCUT2D eigenvalue weighted by molar-refractivity contribution is 6.31. The van der Waals surface area contributed by atoms with Crippen LogP contribution in [0.25, 0.3) is 0 Å². The predicted molar refractivity (Wildman–Crippen MR) is 60.2 cm³/mol. The molecule has 0 saturated heterocycles. The molecule has 4 heteroatoms. The first kappa shape index (κ1) is 10.7. The third-order valence-electron chi connectivity index (χ3n) is 2.40. The fourth-order valence-corrected chi connectivity index (χ4v) is 1.50. The van der Waals surface area contributed by atoms with Crippen molar-refractivity contribution in [3.8, 4) is 5.88 Å². The van der Waals surface area contributed by atoms with Gasteiger partial charge in [0.25, 0.3) is 0 Å². The van der Waals surface area contributed by atoms with E-state index in [-0.39, 0.29) is 0 Å². The summed E-state index contributed by atoms with van der Waals surface area (Å²) in [5, 5.41) is 3.71. The molecule has 3 nitrogen and oxygen atoms in total. The maximum Gasteiger partial charge on any atom is 0.213 e. The Morgan fingerprint density at radius 2 is 2.33 bits per heavy atom. The minimum Gasteiger partial charge on any atom is -0.477 e. The van der Waals surface area contributed by atoms with Gasteiger partial charge in [-0.05, 0) is 31.9 Å². The van der Waals surface area contributed by atoms with E-state index >= 15 is 0 Å². The van der Waals surface area contributed by atoms with Crippen molar-refractivity contribution in [1.29, 1.82) is 0 Å². The average molecular weight is 227 g/mol. The molecular formula is C11H15ClN2O. The number of hydrogen-bond acceptors (Lipinski definition) is 3. The van der Waals surface area contributed by atoms with E-state index in [1.54, 1.807) is 0 Å². The highest BCUT2D eigenvalue weighted by Crippen LogP contribution is 2.29. The third-order valence-corrected chi connectivity index (χ3v) is 2.75. The molecule has 1 aromatic heterocycles. The van der Waals surface area contributed by atoms with Crippen LogP contribution in [0.4, 0.5) is 0 Å². The van der Waals surface area contributed by atoms with Crippen molar-refractivity contribution in [2.24, 2.45) is 5.92 Å². The van der Waals surface area contributed by atoms with E-state index < -0.39 is 0 Å². The van der Waals surface area contributed by atoms with Gasteiger partial charge in [-0.2, -0.15) is 0 Å². The maximum atomic E-state index is 5.99. The van der Waals surface area contributed by atoms with Gasteiger partial charge in [0.05, 0.1) is 17.3 Å². The molecule has 0 unspecified atom stereocenters. The van der Waals surface area contributed by atoms with E-state index in [0.29, 0.717) is 17.4 Å². The molecule has 0 spiro atoms. The van der Waals surface area contributed by atoms with Crippen molar-refractivity contribution in [3.05, 3.63) is 22.8 Å². The van der Waals surface area contributed by atoms with Crippen molar-refractivity contribution in [3.63, 3.8) is 0 Å². The molecule has 0 atom stereocenters. The monoisotopic (exact) mass is 226 g/mol. The van der Waals surface area contributed by atoms with E-state index in [0.717, 1.165) is 18.2 Å². The largest absolute Gasteiger partial charge is 0.477 e. The van der Waals surface area contributed by atoms with Gasteiger partial charge in [-0.15, -0.1) is 0 Å². The minimum absolute atomic E-state index is 0.666. The van der Waals surface area contributed by atoms with Crippen LogP contribution in [-0.2, 0) is 6.54 Å². The minimum atomic E-state index is 0.666. The highest BCUT2D eigenvalue weighted by Gasteiger charge is 2.22. The molecule has 0 amide bonds. The van der Waals surface area contributed by atoms with Crippen LogP contribution in [0.2, 0.25) is 5.02 Å². The highest BCUT2D eigenvalue weighted by atomic mass is 35.5. The zero-order valence-electron chi connectivity index (χ0n) is 8.79. The van der Waals surface area contributed by atoms with Gasteiger partial charge in [0, 0.05) is 12.6 Å². The number of aromatic nitrogens is 1. The number of nitrogens with one attached hydrogen (secondary N) is 1. The van der Waals surface area contributed by atoms with Gasteiger partial charge in [-0.3, -0.25) is 0 Å². The topological polar surface area (TPSA) is 34.2 Å². The van der Waals surface area contributed by atoms with Crippen LogP contribution in [0.3, 0.4) is 0 Å². The van der Waals surface area contributed by atoms with E-state index in [4.69, 9.17) is 16.3 Å². The Labute approximate surface area is 94.8 Å². The number of rotatable bonds is 5. The standard InChI is InChI=1S/C11H15ClN2O/c1-13-6-10-9(12)4-5-11(14-10)15-7-8-2-3-8/h4-5,8,13H,2-3,6-7H2,1H3. The Bertz CT molecular complexity index is 339. The van der Waals surface area contributed by atoms with Gasteiger partial charge in [0.2, 0.25) is 5.88 Å². The fourth-order valence-electron chi connectivity index (χ4n) is 1.32. The van der Waals surface area contributed by atoms with Gasteiger partial charge >= 0.3 is 0 Å². The molecule has 1 heterocycles. The first-order valence-corrected chi connectivity index (χ1v) is 5.60. The van der Waals surface area contributed by atoms with E-state index in [1.165, 1.54) is 12.8 Å². The lowest BCUT2D eigenvalue weighted by atomic mass is 10.3. The summed E-state index contributed by atoms with van der Waals surface area (Å²) in [6.45, 7) is 1.45. The Hall–Kier alpha value is -0.800. The predicted octanol–water partition coefficient (Wildman–Crippen LogP) is 2.24. The summed E-state index contributed by atoms with van der Waals surface area (Å²) in [5.41, 5.74) is 0.840. The number of ether oxygens (including phenoxy) is 1. The van der Waals surface area contributed by atoms with Crippen molar-refractivity contribution in [2.45, 2.75) is 19.4 Å². The van der Waals surface area contributed by atoms with Gasteiger partial charge in [0.1, 0.15) is 0 Å². The van der Waals surface area contributed by atoms with Crippen LogP contribution in [0, 0.1) is 5.92 Å². The third kappa shape index (κ3) is 3.08. The number of hydrogen-bond donors (Lipinski definition) is 1.